The van der Waals surface area contributed by atoms with E-state index < -0.39 is 0 Å². The summed E-state index contributed by atoms with van der Waals surface area (Å²) in [6.07, 6.45) is 2.79. The molecule has 0 atom stereocenters. The minimum absolute atomic E-state index is 0. The summed E-state index contributed by atoms with van der Waals surface area (Å²) in [5.74, 6) is 1.87. The highest BCUT2D eigenvalue weighted by atomic mass is 35.5. The highest BCUT2D eigenvalue weighted by Crippen LogP contribution is 2.29. The molecule has 1 aromatic rings. The maximum atomic E-state index is 5.37. The molecule has 15 heavy (non-hydrogen) atoms. The number of hydrogen-bond acceptors (Lipinski definition) is 2. The van der Waals surface area contributed by atoms with Crippen molar-refractivity contribution in [1.82, 2.24) is 0 Å². The molecule has 0 spiro atoms. The smallest absolute Gasteiger partial charge is 0.119 e. The second-order valence-corrected chi connectivity index (χ2v) is 3.78. The lowest BCUT2D eigenvalue weighted by molar-refractivity contribution is 0.340. The van der Waals surface area contributed by atoms with Crippen molar-refractivity contribution in [3.8, 4) is 5.75 Å². The van der Waals surface area contributed by atoms with Gasteiger partial charge in [0.05, 0.1) is 6.61 Å². The summed E-state index contributed by atoms with van der Waals surface area (Å²) in [4.78, 5) is 0. The lowest BCUT2D eigenvalue weighted by Crippen LogP contribution is -2.02. The highest BCUT2D eigenvalue weighted by molar-refractivity contribution is 5.85. The molecule has 2 nitrogen and oxygen atoms in total. The molecule has 2 rings (SSSR count). The van der Waals surface area contributed by atoms with E-state index in [0.717, 1.165) is 24.8 Å². The number of halogens is 1. The van der Waals surface area contributed by atoms with Crippen LogP contribution >= 0.6 is 12.4 Å². The van der Waals surface area contributed by atoms with Gasteiger partial charge in [-0.3, -0.25) is 0 Å². The second kappa shape index (κ2) is 5.86. The molecule has 1 saturated carbocycles. The zero-order valence-corrected chi connectivity index (χ0v) is 9.85. The lowest BCUT2D eigenvalue weighted by Gasteiger charge is -2.06. The van der Waals surface area contributed by atoms with Gasteiger partial charge in [-0.1, -0.05) is 0 Å². The van der Waals surface area contributed by atoms with Crippen LogP contribution in [0.3, 0.4) is 0 Å². The van der Waals surface area contributed by atoms with Crippen molar-refractivity contribution < 1.29 is 4.74 Å². The Morgan fingerprint density at radius 2 is 1.93 bits per heavy atom. The summed E-state index contributed by atoms with van der Waals surface area (Å²) >= 11 is 0. The molecular weight excluding hydrogens is 210 g/mol. The van der Waals surface area contributed by atoms with Gasteiger partial charge in [-0.15, -0.1) is 12.4 Å². The zero-order valence-electron chi connectivity index (χ0n) is 9.03. The van der Waals surface area contributed by atoms with Crippen LogP contribution in [0, 0.1) is 5.92 Å². The normalized spacial score (nSPS) is 14.2. The second-order valence-electron chi connectivity index (χ2n) is 3.78. The van der Waals surface area contributed by atoms with Crippen LogP contribution in [-0.4, -0.2) is 13.2 Å². The summed E-state index contributed by atoms with van der Waals surface area (Å²) in [6.45, 7) is 3.85. The maximum Gasteiger partial charge on any atom is 0.119 e. The maximum absolute atomic E-state index is 5.37. The van der Waals surface area contributed by atoms with E-state index in [-0.39, 0.29) is 12.4 Å². The fourth-order valence-corrected chi connectivity index (χ4v) is 1.42. The van der Waals surface area contributed by atoms with Crippen molar-refractivity contribution in [2.45, 2.75) is 19.8 Å². The molecule has 1 aromatic carbocycles. The molecule has 0 aliphatic heterocycles. The van der Waals surface area contributed by atoms with Gasteiger partial charge in [0, 0.05) is 12.2 Å². The molecule has 1 fully saturated rings. The third kappa shape index (κ3) is 4.00. The van der Waals surface area contributed by atoms with Crippen LogP contribution < -0.4 is 10.1 Å². The molecule has 0 saturated heterocycles. The standard InChI is InChI=1S/C12H17NO.ClH/c1-2-14-12-7-5-11(6-8-12)13-9-10-3-4-10;/h5-8,10,13H,2-4,9H2,1H3;1H. The molecule has 1 N–H and O–H groups in total. The molecule has 84 valence electrons. The Bertz CT molecular complexity index is 282. The number of ether oxygens (including phenoxy) is 1. The van der Waals surface area contributed by atoms with E-state index in [1.54, 1.807) is 0 Å². The van der Waals surface area contributed by atoms with Gasteiger partial charge < -0.3 is 10.1 Å². The monoisotopic (exact) mass is 227 g/mol. The third-order valence-electron chi connectivity index (χ3n) is 2.46. The first-order valence-corrected chi connectivity index (χ1v) is 5.35. The van der Waals surface area contributed by atoms with E-state index in [0.29, 0.717) is 0 Å². The van der Waals surface area contributed by atoms with Crippen LogP contribution in [0.1, 0.15) is 19.8 Å². The van der Waals surface area contributed by atoms with E-state index in [1.165, 1.54) is 18.5 Å². The van der Waals surface area contributed by atoms with Gasteiger partial charge >= 0.3 is 0 Å². The van der Waals surface area contributed by atoms with E-state index in [2.05, 4.69) is 17.4 Å². The molecule has 0 bridgehead atoms. The van der Waals surface area contributed by atoms with E-state index in [4.69, 9.17) is 4.74 Å². The first-order valence-electron chi connectivity index (χ1n) is 5.35. The minimum atomic E-state index is 0. The molecule has 0 heterocycles. The van der Waals surface area contributed by atoms with E-state index in [1.807, 2.05) is 19.1 Å². The summed E-state index contributed by atoms with van der Waals surface area (Å²) in [5.41, 5.74) is 1.19. The van der Waals surface area contributed by atoms with Crippen LogP contribution in [-0.2, 0) is 0 Å². The fraction of sp³-hybridized carbons (Fsp3) is 0.500. The summed E-state index contributed by atoms with van der Waals surface area (Å²) in [7, 11) is 0. The Balaban J connectivity index is 0.00000112. The van der Waals surface area contributed by atoms with Crippen LogP contribution in [0.15, 0.2) is 24.3 Å². The molecule has 1 aliphatic rings. The van der Waals surface area contributed by atoms with Gasteiger partial charge in [-0.2, -0.15) is 0 Å². The zero-order chi connectivity index (χ0) is 9.80. The van der Waals surface area contributed by atoms with Crippen LogP contribution in [0.2, 0.25) is 0 Å². The van der Waals surface area contributed by atoms with Crippen molar-refractivity contribution in [3.63, 3.8) is 0 Å². The Labute approximate surface area is 97.4 Å². The minimum Gasteiger partial charge on any atom is -0.494 e. The van der Waals surface area contributed by atoms with Crippen LogP contribution in [0.4, 0.5) is 5.69 Å². The van der Waals surface area contributed by atoms with Gasteiger partial charge in [0.15, 0.2) is 0 Å². The Morgan fingerprint density at radius 3 is 2.47 bits per heavy atom. The van der Waals surface area contributed by atoms with Crippen molar-refractivity contribution in [2.75, 3.05) is 18.5 Å². The predicted molar refractivity (Wildman–Crippen MR) is 66.1 cm³/mol. The fourth-order valence-electron chi connectivity index (χ4n) is 1.42. The summed E-state index contributed by atoms with van der Waals surface area (Å²) < 4.78 is 5.37. The number of anilines is 1. The van der Waals surface area contributed by atoms with Gasteiger partial charge in [0.25, 0.3) is 0 Å². The van der Waals surface area contributed by atoms with Gasteiger partial charge in [-0.25, -0.2) is 0 Å². The number of nitrogens with one attached hydrogen (secondary N) is 1. The number of rotatable bonds is 5. The topological polar surface area (TPSA) is 21.3 Å². The molecule has 0 unspecified atom stereocenters. The summed E-state index contributed by atoms with van der Waals surface area (Å²) in [5, 5.41) is 3.42. The van der Waals surface area contributed by atoms with Crippen LogP contribution in [0.5, 0.6) is 5.75 Å². The largest absolute Gasteiger partial charge is 0.494 e. The molecule has 1 aliphatic carbocycles. The molecule has 0 aromatic heterocycles. The molecule has 0 radical (unpaired) electrons. The van der Waals surface area contributed by atoms with Gasteiger partial charge in [0.2, 0.25) is 0 Å². The molecule has 0 amide bonds. The van der Waals surface area contributed by atoms with Crippen molar-refractivity contribution >= 4 is 18.1 Å². The number of hydrogen-bond donors (Lipinski definition) is 1. The van der Waals surface area contributed by atoms with Crippen LogP contribution in [0.25, 0.3) is 0 Å². The predicted octanol–water partition coefficient (Wildman–Crippen LogP) is 3.33. The average molecular weight is 228 g/mol. The molecule has 3 heteroatoms. The quantitative estimate of drug-likeness (QED) is 0.833. The Hall–Kier alpha value is -0.890. The number of benzene rings is 1. The van der Waals surface area contributed by atoms with Crippen molar-refractivity contribution in [1.29, 1.82) is 0 Å². The Kier molecular flexibility index (Phi) is 4.76. The average Bonchev–Trinajstić information content (AvgIpc) is 3.01. The lowest BCUT2D eigenvalue weighted by atomic mass is 10.3. The van der Waals surface area contributed by atoms with Crippen molar-refractivity contribution in [3.05, 3.63) is 24.3 Å². The van der Waals surface area contributed by atoms with Gasteiger partial charge in [-0.05, 0) is 49.9 Å². The SMILES string of the molecule is CCOc1ccc(NCC2CC2)cc1.Cl. The van der Waals surface area contributed by atoms with Gasteiger partial charge in [0.1, 0.15) is 5.75 Å². The highest BCUT2D eigenvalue weighted by Gasteiger charge is 2.20. The van der Waals surface area contributed by atoms with Crippen molar-refractivity contribution in [2.24, 2.45) is 5.92 Å². The Morgan fingerprint density at radius 1 is 1.27 bits per heavy atom. The molecular formula is C12H18ClNO. The first-order chi connectivity index (χ1) is 6.88. The van der Waals surface area contributed by atoms with E-state index >= 15 is 0 Å². The van der Waals surface area contributed by atoms with E-state index in [9.17, 15) is 0 Å². The first kappa shape index (κ1) is 12.2. The third-order valence-corrected chi connectivity index (χ3v) is 2.46. The summed E-state index contributed by atoms with van der Waals surface area (Å²) in [6, 6.07) is 8.18.